The molecule has 0 aromatic heterocycles. The van der Waals surface area contributed by atoms with Crippen LogP contribution in [0.15, 0.2) is 18.2 Å². The number of aryl methyl sites for hydroxylation is 1. The summed E-state index contributed by atoms with van der Waals surface area (Å²) in [6.07, 6.45) is 3.79. The fraction of sp³-hybridized carbons (Fsp3) is 0.538. The molecule has 0 saturated heterocycles. The van der Waals surface area contributed by atoms with E-state index in [2.05, 4.69) is 31.3 Å². The molecule has 1 atom stereocenters. The van der Waals surface area contributed by atoms with Gasteiger partial charge in [0.2, 0.25) is 0 Å². The van der Waals surface area contributed by atoms with Gasteiger partial charge in [-0.2, -0.15) is 0 Å². The zero-order chi connectivity index (χ0) is 10.8. The van der Waals surface area contributed by atoms with Crippen LogP contribution in [0.2, 0.25) is 5.02 Å². The first-order chi connectivity index (χ1) is 7.15. The molecule has 0 spiro atoms. The van der Waals surface area contributed by atoms with Gasteiger partial charge in [-0.05, 0) is 50.3 Å². The van der Waals surface area contributed by atoms with Crippen LogP contribution < -0.4 is 5.32 Å². The molecule has 0 heterocycles. The van der Waals surface area contributed by atoms with Crippen LogP contribution in [0.1, 0.15) is 30.9 Å². The second-order valence-corrected chi connectivity index (χ2v) is 5.04. The van der Waals surface area contributed by atoms with Crippen LogP contribution in [0.4, 0.5) is 0 Å². The smallest absolute Gasteiger partial charge is 0.0435 e. The van der Waals surface area contributed by atoms with E-state index in [1.165, 1.54) is 24.0 Å². The second kappa shape index (κ2) is 4.54. The van der Waals surface area contributed by atoms with E-state index in [9.17, 15) is 0 Å². The third-order valence-corrected chi connectivity index (χ3v) is 3.29. The minimum absolute atomic E-state index is 0.568. The normalized spacial score (nSPS) is 17.8. The summed E-state index contributed by atoms with van der Waals surface area (Å²) in [5.41, 5.74) is 2.55. The van der Waals surface area contributed by atoms with Crippen molar-refractivity contribution in [3.8, 4) is 0 Å². The molecule has 1 saturated carbocycles. The van der Waals surface area contributed by atoms with Gasteiger partial charge < -0.3 is 5.32 Å². The van der Waals surface area contributed by atoms with E-state index in [0.29, 0.717) is 6.04 Å². The maximum Gasteiger partial charge on any atom is 0.0435 e. The van der Waals surface area contributed by atoms with Crippen LogP contribution in [-0.4, -0.2) is 12.1 Å². The van der Waals surface area contributed by atoms with Crippen LogP contribution in [0.5, 0.6) is 0 Å². The van der Waals surface area contributed by atoms with Crippen molar-refractivity contribution in [1.29, 1.82) is 0 Å². The van der Waals surface area contributed by atoms with Gasteiger partial charge in [0.05, 0.1) is 0 Å². The average molecular weight is 224 g/mol. The van der Waals surface area contributed by atoms with E-state index >= 15 is 0 Å². The van der Waals surface area contributed by atoms with Crippen LogP contribution in [0, 0.1) is 6.92 Å². The fourth-order valence-corrected chi connectivity index (χ4v) is 2.02. The van der Waals surface area contributed by atoms with Gasteiger partial charge >= 0.3 is 0 Å². The maximum absolute atomic E-state index is 6.00. The van der Waals surface area contributed by atoms with Crippen LogP contribution in [0.25, 0.3) is 0 Å². The Kier molecular flexibility index (Phi) is 3.32. The SMILES string of the molecule is Cc1cc(CC(C)NC2CC2)ccc1Cl. The summed E-state index contributed by atoms with van der Waals surface area (Å²) in [6, 6.07) is 7.66. The van der Waals surface area contributed by atoms with Gasteiger partial charge in [-0.15, -0.1) is 0 Å². The molecule has 1 fully saturated rings. The quantitative estimate of drug-likeness (QED) is 0.826. The van der Waals surface area contributed by atoms with Crippen molar-refractivity contribution >= 4 is 11.6 Å². The highest BCUT2D eigenvalue weighted by Crippen LogP contribution is 2.21. The molecule has 2 rings (SSSR count). The van der Waals surface area contributed by atoms with E-state index in [-0.39, 0.29) is 0 Å². The van der Waals surface area contributed by atoms with Crippen molar-refractivity contribution < 1.29 is 0 Å². The first kappa shape index (κ1) is 11.0. The maximum atomic E-state index is 6.00. The summed E-state index contributed by atoms with van der Waals surface area (Å²) >= 11 is 6.00. The largest absolute Gasteiger partial charge is 0.311 e. The summed E-state index contributed by atoms with van der Waals surface area (Å²) in [5, 5.41) is 4.47. The molecule has 15 heavy (non-hydrogen) atoms. The highest BCUT2D eigenvalue weighted by atomic mass is 35.5. The molecule has 0 radical (unpaired) electrons. The minimum atomic E-state index is 0.568. The molecule has 1 N–H and O–H groups in total. The molecule has 82 valence electrons. The third-order valence-electron chi connectivity index (χ3n) is 2.86. The van der Waals surface area contributed by atoms with Crippen LogP contribution in [-0.2, 0) is 6.42 Å². The Labute approximate surface area is 96.8 Å². The van der Waals surface area contributed by atoms with Crippen molar-refractivity contribution in [3.63, 3.8) is 0 Å². The summed E-state index contributed by atoms with van der Waals surface area (Å²) < 4.78 is 0. The van der Waals surface area contributed by atoms with Crippen molar-refractivity contribution in [3.05, 3.63) is 34.3 Å². The molecular weight excluding hydrogens is 206 g/mol. The summed E-state index contributed by atoms with van der Waals surface area (Å²) in [7, 11) is 0. The zero-order valence-corrected chi connectivity index (χ0v) is 10.1. The highest BCUT2D eigenvalue weighted by molar-refractivity contribution is 6.31. The lowest BCUT2D eigenvalue weighted by Crippen LogP contribution is -2.29. The van der Waals surface area contributed by atoms with Crippen LogP contribution in [0.3, 0.4) is 0 Å². The van der Waals surface area contributed by atoms with E-state index in [0.717, 1.165) is 17.5 Å². The zero-order valence-electron chi connectivity index (χ0n) is 9.39. The van der Waals surface area contributed by atoms with Crippen molar-refractivity contribution in [1.82, 2.24) is 5.32 Å². The number of halogens is 1. The monoisotopic (exact) mass is 223 g/mol. The third kappa shape index (κ3) is 3.22. The number of rotatable bonds is 4. The Morgan fingerprint density at radius 1 is 1.47 bits per heavy atom. The average Bonchev–Trinajstić information content (AvgIpc) is 2.95. The van der Waals surface area contributed by atoms with Gasteiger partial charge in [0.15, 0.2) is 0 Å². The molecule has 1 aromatic rings. The molecular formula is C13H18ClN. The lowest BCUT2D eigenvalue weighted by molar-refractivity contribution is 0.542. The molecule has 1 aliphatic carbocycles. The second-order valence-electron chi connectivity index (χ2n) is 4.63. The molecule has 1 aliphatic rings. The fourth-order valence-electron chi connectivity index (χ4n) is 1.90. The highest BCUT2D eigenvalue weighted by Gasteiger charge is 2.22. The van der Waals surface area contributed by atoms with E-state index in [1.54, 1.807) is 0 Å². The van der Waals surface area contributed by atoms with Crippen LogP contribution >= 0.6 is 11.6 Å². The molecule has 1 nitrogen and oxygen atoms in total. The van der Waals surface area contributed by atoms with E-state index in [4.69, 9.17) is 11.6 Å². The standard InChI is InChI=1S/C13H18ClN/c1-9-7-11(3-6-13(9)14)8-10(2)15-12-4-5-12/h3,6-7,10,12,15H,4-5,8H2,1-2H3. The summed E-state index contributed by atoms with van der Waals surface area (Å²) in [5.74, 6) is 0. The molecule has 2 heteroatoms. The van der Waals surface area contributed by atoms with Gasteiger partial charge in [0.1, 0.15) is 0 Å². The topological polar surface area (TPSA) is 12.0 Å². The first-order valence-electron chi connectivity index (χ1n) is 5.66. The Morgan fingerprint density at radius 2 is 2.20 bits per heavy atom. The number of hydrogen-bond donors (Lipinski definition) is 1. The molecule has 0 amide bonds. The summed E-state index contributed by atoms with van der Waals surface area (Å²) in [4.78, 5) is 0. The van der Waals surface area contributed by atoms with Crippen molar-refractivity contribution in [2.45, 2.75) is 45.2 Å². The van der Waals surface area contributed by atoms with Gasteiger partial charge in [-0.3, -0.25) is 0 Å². The Balaban J connectivity index is 1.93. The first-order valence-corrected chi connectivity index (χ1v) is 6.04. The van der Waals surface area contributed by atoms with Gasteiger partial charge in [0.25, 0.3) is 0 Å². The molecule has 0 bridgehead atoms. The lowest BCUT2D eigenvalue weighted by Gasteiger charge is -2.13. The van der Waals surface area contributed by atoms with Crippen molar-refractivity contribution in [2.75, 3.05) is 0 Å². The lowest BCUT2D eigenvalue weighted by atomic mass is 10.0. The molecule has 1 unspecified atom stereocenters. The number of benzene rings is 1. The van der Waals surface area contributed by atoms with Gasteiger partial charge in [0, 0.05) is 17.1 Å². The molecule has 0 aliphatic heterocycles. The molecule has 1 aromatic carbocycles. The van der Waals surface area contributed by atoms with Gasteiger partial charge in [-0.1, -0.05) is 23.7 Å². The summed E-state index contributed by atoms with van der Waals surface area (Å²) in [6.45, 7) is 4.31. The Bertz CT molecular complexity index is 344. The minimum Gasteiger partial charge on any atom is -0.311 e. The number of hydrogen-bond acceptors (Lipinski definition) is 1. The van der Waals surface area contributed by atoms with Crippen molar-refractivity contribution in [2.24, 2.45) is 0 Å². The van der Waals surface area contributed by atoms with E-state index < -0.39 is 0 Å². The van der Waals surface area contributed by atoms with E-state index in [1.807, 2.05) is 6.07 Å². The Morgan fingerprint density at radius 3 is 2.80 bits per heavy atom. The van der Waals surface area contributed by atoms with Gasteiger partial charge in [-0.25, -0.2) is 0 Å². The number of nitrogens with one attached hydrogen (secondary N) is 1. The predicted octanol–water partition coefficient (Wildman–Crippen LogP) is 3.33. The predicted molar refractivity (Wildman–Crippen MR) is 65.5 cm³/mol. The Hall–Kier alpha value is -0.530.